The van der Waals surface area contributed by atoms with Crippen LogP contribution < -0.4 is 10.2 Å². The van der Waals surface area contributed by atoms with Gasteiger partial charge in [0.05, 0.1) is 5.69 Å². The molecule has 0 aromatic heterocycles. The van der Waals surface area contributed by atoms with Gasteiger partial charge < -0.3 is 10.2 Å². The Morgan fingerprint density at radius 1 is 1.19 bits per heavy atom. The minimum atomic E-state index is 0.164. The summed E-state index contributed by atoms with van der Waals surface area (Å²) in [6.07, 6.45) is 5.59. The molecule has 0 saturated heterocycles. The normalized spacial score (nSPS) is 18.9. The number of anilines is 1. The average molecular weight is 351 g/mol. The first kappa shape index (κ1) is 15.4. The van der Waals surface area contributed by atoms with Crippen LogP contribution in [0.4, 0.5) is 5.69 Å². The third kappa shape index (κ3) is 4.46. The highest BCUT2D eigenvalue weighted by Crippen LogP contribution is 2.40. The highest BCUT2D eigenvalue weighted by Gasteiger charge is 2.34. The van der Waals surface area contributed by atoms with Crippen molar-refractivity contribution in [3.05, 3.63) is 28.2 Å². The van der Waals surface area contributed by atoms with Gasteiger partial charge in [-0.25, -0.2) is 0 Å². The molecular weight excluding hydrogens is 324 g/mol. The largest absolute Gasteiger partial charge is 0.367 e. The fourth-order valence-electron chi connectivity index (χ4n) is 2.67. The molecule has 0 unspecified atom stereocenters. The predicted molar refractivity (Wildman–Crippen MR) is 93.8 cm³/mol. The topological polar surface area (TPSA) is 15.3 Å². The summed E-state index contributed by atoms with van der Waals surface area (Å²) in [5, 5.41) is 3.56. The van der Waals surface area contributed by atoms with E-state index in [0.29, 0.717) is 0 Å². The van der Waals surface area contributed by atoms with Crippen molar-refractivity contribution in [2.24, 2.45) is 5.92 Å². The molecule has 2 aliphatic rings. The van der Waals surface area contributed by atoms with E-state index in [0.717, 1.165) is 18.5 Å². The monoisotopic (exact) mass is 350 g/mol. The summed E-state index contributed by atoms with van der Waals surface area (Å²) in [5.41, 5.74) is 2.91. The van der Waals surface area contributed by atoms with E-state index in [1.807, 2.05) is 0 Å². The van der Waals surface area contributed by atoms with Gasteiger partial charge in [0.2, 0.25) is 0 Å². The third-order valence-corrected chi connectivity index (χ3v) is 4.92. The van der Waals surface area contributed by atoms with Crippen LogP contribution in [0.5, 0.6) is 0 Å². The highest BCUT2D eigenvalue weighted by molar-refractivity contribution is 9.10. The van der Waals surface area contributed by atoms with Crippen LogP contribution in [-0.2, 0) is 6.54 Å². The molecule has 0 radical (unpaired) electrons. The van der Waals surface area contributed by atoms with Crippen LogP contribution >= 0.6 is 15.9 Å². The molecule has 116 valence electrons. The van der Waals surface area contributed by atoms with Crippen LogP contribution in [0.15, 0.2) is 22.7 Å². The van der Waals surface area contributed by atoms with E-state index in [4.69, 9.17) is 0 Å². The van der Waals surface area contributed by atoms with Crippen molar-refractivity contribution < 1.29 is 0 Å². The molecule has 21 heavy (non-hydrogen) atoms. The van der Waals surface area contributed by atoms with E-state index in [1.165, 1.54) is 48.0 Å². The summed E-state index contributed by atoms with van der Waals surface area (Å²) in [7, 11) is 0. The summed E-state index contributed by atoms with van der Waals surface area (Å²) in [5.74, 6) is 0.944. The number of nitrogens with zero attached hydrogens (tertiary/aromatic N) is 1. The van der Waals surface area contributed by atoms with Gasteiger partial charge in [0, 0.05) is 29.1 Å². The maximum absolute atomic E-state index is 3.81. The number of nitrogens with one attached hydrogen (secondary N) is 1. The lowest BCUT2D eigenvalue weighted by Gasteiger charge is -2.27. The Kier molecular flexibility index (Phi) is 4.33. The van der Waals surface area contributed by atoms with E-state index >= 15 is 0 Å². The van der Waals surface area contributed by atoms with Crippen molar-refractivity contribution in [1.82, 2.24) is 5.32 Å². The summed E-state index contributed by atoms with van der Waals surface area (Å²) in [4.78, 5) is 2.64. The minimum Gasteiger partial charge on any atom is -0.367 e. The van der Waals surface area contributed by atoms with Crippen LogP contribution in [-0.4, -0.2) is 18.1 Å². The molecule has 0 amide bonds. The lowest BCUT2D eigenvalue weighted by Crippen LogP contribution is -2.35. The molecule has 2 fully saturated rings. The van der Waals surface area contributed by atoms with Gasteiger partial charge in [0.15, 0.2) is 0 Å². The van der Waals surface area contributed by atoms with Gasteiger partial charge in [0.25, 0.3) is 0 Å². The second-order valence-electron chi connectivity index (χ2n) is 7.72. The van der Waals surface area contributed by atoms with Crippen LogP contribution in [0.2, 0.25) is 0 Å². The van der Waals surface area contributed by atoms with Gasteiger partial charge in [-0.15, -0.1) is 0 Å². The molecule has 2 saturated carbocycles. The Labute approximate surface area is 137 Å². The van der Waals surface area contributed by atoms with Gasteiger partial charge >= 0.3 is 0 Å². The van der Waals surface area contributed by atoms with E-state index in [1.54, 1.807) is 0 Å². The molecule has 3 heteroatoms. The standard InChI is InChI=1S/C18H27BrN2/c1-18(2,3)20-11-14-6-9-17(16(19)10-14)21(15-7-8-15)12-13-4-5-13/h6,9-10,13,15,20H,4-5,7-8,11-12H2,1-3H3. The molecule has 0 spiro atoms. The summed E-state index contributed by atoms with van der Waals surface area (Å²) >= 11 is 3.81. The molecule has 0 heterocycles. The van der Waals surface area contributed by atoms with Crippen molar-refractivity contribution in [2.75, 3.05) is 11.4 Å². The quantitative estimate of drug-likeness (QED) is 0.798. The Hall–Kier alpha value is -0.540. The van der Waals surface area contributed by atoms with Crippen molar-refractivity contribution in [3.63, 3.8) is 0 Å². The molecule has 1 N–H and O–H groups in total. The lowest BCUT2D eigenvalue weighted by molar-refractivity contribution is 0.424. The van der Waals surface area contributed by atoms with Gasteiger partial charge in [-0.2, -0.15) is 0 Å². The zero-order chi connectivity index (χ0) is 15.0. The summed E-state index contributed by atoms with van der Waals surface area (Å²) in [6, 6.07) is 7.67. The van der Waals surface area contributed by atoms with Crippen LogP contribution in [0.3, 0.4) is 0 Å². The zero-order valence-corrected chi connectivity index (χ0v) is 15.0. The first-order valence-corrected chi connectivity index (χ1v) is 9.02. The van der Waals surface area contributed by atoms with E-state index < -0.39 is 0 Å². The average Bonchev–Trinajstić information content (AvgIpc) is 3.24. The number of hydrogen-bond acceptors (Lipinski definition) is 2. The second-order valence-corrected chi connectivity index (χ2v) is 8.57. The van der Waals surface area contributed by atoms with Gasteiger partial charge in [-0.3, -0.25) is 0 Å². The fraction of sp³-hybridized carbons (Fsp3) is 0.667. The summed E-state index contributed by atoms with van der Waals surface area (Å²) < 4.78 is 1.25. The molecule has 0 bridgehead atoms. The third-order valence-electron chi connectivity index (χ3n) is 4.28. The molecule has 0 aliphatic heterocycles. The van der Waals surface area contributed by atoms with Gasteiger partial charge in [-0.1, -0.05) is 6.07 Å². The number of benzene rings is 1. The Bertz CT molecular complexity index is 498. The van der Waals surface area contributed by atoms with Gasteiger partial charge in [0.1, 0.15) is 0 Å². The molecule has 2 aliphatic carbocycles. The van der Waals surface area contributed by atoms with E-state index in [2.05, 4.69) is 65.1 Å². The second kappa shape index (κ2) is 5.92. The smallest absolute Gasteiger partial charge is 0.0513 e. The summed E-state index contributed by atoms with van der Waals surface area (Å²) in [6.45, 7) is 8.81. The number of hydrogen-bond donors (Lipinski definition) is 1. The van der Waals surface area contributed by atoms with E-state index in [9.17, 15) is 0 Å². The molecular formula is C18H27BrN2. The van der Waals surface area contributed by atoms with Crippen LogP contribution in [0.25, 0.3) is 0 Å². The maximum Gasteiger partial charge on any atom is 0.0513 e. The maximum atomic E-state index is 3.81. The Morgan fingerprint density at radius 2 is 1.90 bits per heavy atom. The molecule has 1 aromatic carbocycles. The lowest BCUT2D eigenvalue weighted by atomic mass is 10.1. The number of halogens is 1. The van der Waals surface area contributed by atoms with Crippen LogP contribution in [0.1, 0.15) is 52.0 Å². The van der Waals surface area contributed by atoms with Gasteiger partial charge in [-0.05, 0) is 86.0 Å². The highest BCUT2D eigenvalue weighted by atomic mass is 79.9. The van der Waals surface area contributed by atoms with Crippen molar-refractivity contribution in [3.8, 4) is 0 Å². The first-order chi connectivity index (χ1) is 9.92. The van der Waals surface area contributed by atoms with Crippen molar-refractivity contribution in [2.45, 2.75) is 64.6 Å². The van der Waals surface area contributed by atoms with E-state index in [-0.39, 0.29) is 5.54 Å². The minimum absolute atomic E-state index is 0.164. The zero-order valence-electron chi connectivity index (χ0n) is 13.5. The first-order valence-electron chi connectivity index (χ1n) is 8.22. The predicted octanol–water partition coefficient (Wildman–Crippen LogP) is 4.72. The molecule has 0 atom stereocenters. The molecule has 3 rings (SSSR count). The number of rotatable bonds is 6. The molecule has 2 nitrogen and oxygen atoms in total. The Balaban J connectivity index is 1.70. The van der Waals surface area contributed by atoms with Crippen LogP contribution in [0, 0.1) is 5.92 Å². The SMILES string of the molecule is CC(C)(C)NCc1ccc(N(CC2CC2)C2CC2)c(Br)c1. The fourth-order valence-corrected chi connectivity index (χ4v) is 3.32. The molecule has 1 aromatic rings. The van der Waals surface area contributed by atoms with Crippen molar-refractivity contribution in [1.29, 1.82) is 0 Å². The van der Waals surface area contributed by atoms with Crippen molar-refractivity contribution >= 4 is 21.6 Å². The Morgan fingerprint density at radius 3 is 2.43 bits per heavy atom.